The number of carbonyl (C=O) groups is 4. The maximum Gasteiger partial charge on any atom is 2.00 e. The summed E-state index contributed by atoms with van der Waals surface area (Å²) >= 11 is 0. The molecule has 0 atom stereocenters. The van der Waals surface area contributed by atoms with Crippen molar-refractivity contribution in [3.63, 3.8) is 0 Å². The van der Waals surface area contributed by atoms with Crippen molar-refractivity contribution in [1.82, 2.24) is 0 Å². The van der Waals surface area contributed by atoms with Gasteiger partial charge < -0.3 is 35.3 Å². The van der Waals surface area contributed by atoms with Gasteiger partial charge in [-0.05, 0) is 36.4 Å². The van der Waals surface area contributed by atoms with Crippen LogP contribution in [-0.2, 0) is 20.2 Å². The van der Waals surface area contributed by atoms with E-state index in [0.29, 0.717) is 12.1 Å². The van der Waals surface area contributed by atoms with Crippen molar-refractivity contribution in [2.75, 3.05) is 0 Å². The molecule has 188 valence electrons. The summed E-state index contributed by atoms with van der Waals surface area (Å²) < 4.78 is 60.1. The molecule has 0 spiro atoms. The van der Waals surface area contributed by atoms with Crippen molar-refractivity contribution in [3.05, 3.63) is 73.5 Å². The monoisotopic (exact) mass is 562 g/mol. The molecule has 0 fully saturated rings. The standard InChI is InChI=1S/2C8H6O7S.2CH3.Ca/c2*9-7(10)5-2-1-4(16(13,14)15)3-6(5)8(11)12;;;/h2*1-3H,(H,9,10)(H,11,12)(H,13,14,15);2*1H3;/q;;2*-1;+2. The number of carboxylic acid groups (broad SMARTS) is 4. The molecule has 0 heterocycles. The molecule has 14 nitrogen and oxygen atoms in total. The number of carboxylic acids is 4. The first-order chi connectivity index (χ1) is 14.5. The summed E-state index contributed by atoms with van der Waals surface area (Å²) in [5.41, 5.74) is -2.52. The fraction of sp³-hybridized carbons (Fsp3) is 0. The van der Waals surface area contributed by atoms with Gasteiger partial charge in [0.05, 0.1) is 32.0 Å². The van der Waals surface area contributed by atoms with Crippen molar-refractivity contribution in [1.29, 1.82) is 0 Å². The Morgan fingerprint density at radius 1 is 0.514 bits per heavy atom. The summed E-state index contributed by atoms with van der Waals surface area (Å²) in [4.78, 5) is 41.2. The third kappa shape index (κ3) is 10.3. The average Bonchev–Trinajstić information content (AvgIpc) is 2.65. The van der Waals surface area contributed by atoms with Crippen LogP contribution in [0.4, 0.5) is 0 Å². The first-order valence-corrected chi connectivity index (χ1v) is 10.5. The molecule has 0 aliphatic carbocycles. The number of benzene rings is 2. The van der Waals surface area contributed by atoms with Crippen LogP contribution < -0.4 is 0 Å². The Balaban J connectivity index is -0.000000539. The van der Waals surface area contributed by atoms with Gasteiger partial charge in [-0.15, -0.1) is 0 Å². The summed E-state index contributed by atoms with van der Waals surface area (Å²) in [5.74, 6) is -6.19. The van der Waals surface area contributed by atoms with Crippen LogP contribution in [0, 0.1) is 14.9 Å². The van der Waals surface area contributed by atoms with Gasteiger partial charge in [0.2, 0.25) is 0 Å². The van der Waals surface area contributed by atoms with E-state index in [9.17, 15) is 36.0 Å². The minimum absolute atomic E-state index is 0. The number of hydrogen-bond acceptors (Lipinski definition) is 8. The quantitative estimate of drug-likeness (QED) is 0.164. The second kappa shape index (κ2) is 14.1. The van der Waals surface area contributed by atoms with Gasteiger partial charge in [-0.1, -0.05) is 0 Å². The van der Waals surface area contributed by atoms with E-state index >= 15 is 0 Å². The third-order valence-corrected chi connectivity index (χ3v) is 5.20. The number of rotatable bonds is 6. The molecule has 35 heavy (non-hydrogen) atoms. The summed E-state index contributed by atoms with van der Waals surface area (Å²) in [7, 11) is -9.12. The van der Waals surface area contributed by atoms with Crippen molar-refractivity contribution < 1.29 is 65.5 Å². The van der Waals surface area contributed by atoms with E-state index in [-0.39, 0.29) is 52.6 Å². The molecule has 17 heteroatoms. The maximum atomic E-state index is 10.7. The molecule has 0 aliphatic heterocycles. The third-order valence-electron chi connectivity index (χ3n) is 3.50. The topological polar surface area (TPSA) is 258 Å². The van der Waals surface area contributed by atoms with E-state index in [1.54, 1.807) is 0 Å². The van der Waals surface area contributed by atoms with Crippen molar-refractivity contribution in [3.8, 4) is 0 Å². The largest absolute Gasteiger partial charge is 2.00 e. The molecular weight excluding hydrogens is 544 g/mol. The smallest absolute Gasteiger partial charge is 0.478 e. The SMILES string of the molecule is O=C(O)c1ccc(S(=O)(=O)O)cc1C(=O)O.O=C(O)c1ccc(S(=O)(=O)O)cc1C(=O)O.[CH3-].[CH3-].[Ca+2]. The van der Waals surface area contributed by atoms with Crippen LogP contribution in [0.3, 0.4) is 0 Å². The molecule has 2 aromatic carbocycles. The fourth-order valence-corrected chi connectivity index (χ4v) is 3.11. The molecule has 0 radical (unpaired) electrons. The predicted octanol–water partition coefficient (Wildman–Crippen LogP) is 1.18. The Morgan fingerprint density at radius 3 is 0.914 bits per heavy atom. The van der Waals surface area contributed by atoms with E-state index < -0.39 is 76.2 Å². The zero-order chi connectivity index (χ0) is 25.0. The van der Waals surface area contributed by atoms with E-state index in [0.717, 1.165) is 24.3 Å². The second-order valence-electron chi connectivity index (χ2n) is 5.59. The van der Waals surface area contributed by atoms with Crippen LogP contribution >= 0.6 is 0 Å². The summed E-state index contributed by atoms with van der Waals surface area (Å²) in [6.07, 6.45) is 0. The van der Waals surface area contributed by atoms with Gasteiger partial charge in [-0.3, -0.25) is 9.11 Å². The Hall–Kier alpha value is -2.60. The Labute approximate surface area is 229 Å². The van der Waals surface area contributed by atoms with Crippen LogP contribution in [0.25, 0.3) is 0 Å². The van der Waals surface area contributed by atoms with E-state index in [1.807, 2.05) is 0 Å². The van der Waals surface area contributed by atoms with Gasteiger partial charge in [0.15, 0.2) is 0 Å². The molecule has 0 bridgehead atoms. The molecule has 0 saturated carbocycles. The van der Waals surface area contributed by atoms with E-state index in [4.69, 9.17) is 29.5 Å². The zero-order valence-electron chi connectivity index (χ0n) is 17.9. The minimum atomic E-state index is -4.56. The molecular formula is C18H18CaO14S2. The molecule has 0 unspecified atom stereocenters. The first kappa shape index (κ1) is 37.0. The van der Waals surface area contributed by atoms with E-state index in [2.05, 4.69) is 0 Å². The van der Waals surface area contributed by atoms with Crippen molar-refractivity contribution in [2.24, 2.45) is 0 Å². The molecule has 0 aromatic heterocycles. The molecule has 2 aromatic rings. The predicted molar refractivity (Wildman–Crippen MR) is 119 cm³/mol. The number of aromatic carboxylic acids is 4. The fourth-order valence-electron chi connectivity index (χ4n) is 2.09. The summed E-state index contributed by atoms with van der Waals surface area (Å²) in [6, 6.07) is 4.39. The van der Waals surface area contributed by atoms with Gasteiger partial charge in [0.1, 0.15) is 0 Å². The molecule has 0 aliphatic rings. The Kier molecular flexibility index (Phi) is 14.9. The van der Waals surface area contributed by atoms with Gasteiger partial charge in [0, 0.05) is 0 Å². The molecule has 6 N–H and O–H groups in total. The minimum Gasteiger partial charge on any atom is -0.478 e. The van der Waals surface area contributed by atoms with Crippen LogP contribution in [0.1, 0.15) is 41.4 Å². The van der Waals surface area contributed by atoms with Crippen LogP contribution in [0.15, 0.2) is 46.2 Å². The Morgan fingerprint density at radius 2 is 0.743 bits per heavy atom. The molecule has 0 saturated heterocycles. The molecule has 2 rings (SSSR count). The van der Waals surface area contributed by atoms with Gasteiger partial charge >= 0.3 is 61.6 Å². The van der Waals surface area contributed by atoms with Crippen LogP contribution in [0.5, 0.6) is 0 Å². The van der Waals surface area contributed by atoms with Gasteiger partial charge in [-0.25, -0.2) is 19.2 Å². The van der Waals surface area contributed by atoms with Gasteiger partial charge in [-0.2, -0.15) is 16.8 Å². The maximum absolute atomic E-state index is 10.7. The van der Waals surface area contributed by atoms with Crippen molar-refractivity contribution >= 4 is 81.9 Å². The summed E-state index contributed by atoms with van der Waals surface area (Å²) in [6.45, 7) is 0. The average molecular weight is 563 g/mol. The Bertz CT molecular complexity index is 1230. The normalized spacial score (nSPS) is 10.1. The number of hydrogen-bond donors (Lipinski definition) is 6. The molecule has 0 amide bonds. The zero-order valence-corrected chi connectivity index (χ0v) is 21.8. The van der Waals surface area contributed by atoms with E-state index in [1.165, 1.54) is 0 Å². The van der Waals surface area contributed by atoms with Crippen LogP contribution in [-0.4, -0.2) is 108 Å². The summed E-state index contributed by atoms with van der Waals surface area (Å²) in [5, 5.41) is 34.6. The van der Waals surface area contributed by atoms with Crippen LogP contribution in [0.2, 0.25) is 0 Å². The first-order valence-electron chi connectivity index (χ1n) is 7.63. The van der Waals surface area contributed by atoms with Crippen molar-refractivity contribution in [2.45, 2.75) is 9.79 Å². The second-order valence-corrected chi connectivity index (χ2v) is 8.43. The van der Waals surface area contributed by atoms with Gasteiger partial charge in [0.25, 0.3) is 20.2 Å².